The van der Waals surface area contributed by atoms with E-state index in [1.807, 2.05) is 13.8 Å². The van der Waals surface area contributed by atoms with Crippen LogP contribution in [0.3, 0.4) is 0 Å². The fourth-order valence-electron chi connectivity index (χ4n) is 1.35. The number of likely N-dealkylation sites (N-methyl/N-ethyl adjacent to an activating group) is 1. The molecule has 0 amide bonds. The molecule has 0 saturated heterocycles. The third-order valence-corrected chi connectivity index (χ3v) is 2.98. The van der Waals surface area contributed by atoms with Crippen molar-refractivity contribution >= 4 is 0 Å². The quantitative estimate of drug-likeness (QED) is 0.644. The van der Waals surface area contributed by atoms with E-state index in [9.17, 15) is 0 Å². The van der Waals surface area contributed by atoms with Crippen molar-refractivity contribution in [2.75, 3.05) is 26.7 Å². The predicted octanol–water partition coefficient (Wildman–Crippen LogP) is 2.25. The van der Waals surface area contributed by atoms with Crippen molar-refractivity contribution in [3.8, 4) is 6.07 Å². The molecule has 0 heterocycles. The van der Waals surface area contributed by atoms with Crippen LogP contribution in [0.2, 0.25) is 0 Å². The largest absolute Gasteiger partial charge is 0.315 e. The van der Waals surface area contributed by atoms with Gasteiger partial charge in [-0.15, -0.1) is 0 Å². The molecule has 0 aromatic heterocycles. The summed E-state index contributed by atoms with van der Waals surface area (Å²) in [5, 5.41) is 12.3. The Morgan fingerprint density at radius 1 is 1.31 bits per heavy atom. The van der Waals surface area contributed by atoms with Crippen LogP contribution < -0.4 is 5.32 Å². The van der Waals surface area contributed by atoms with Gasteiger partial charge >= 0.3 is 0 Å². The van der Waals surface area contributed by atoms with Crippen molar-refractivity contribution in [1.82, 2.24) is 10.2 Å². The third-order valence-electron chi connectivity index (χ3n) is 2.98. The Balaban J connectivity index is 3.39. The summed E-state index contributed by atoms with van der Waals surface area (Å²) >= 11 is 0. The molecule has 3 heteroatoms. The first kappa shape index (κ1) is 15.4. The van der Waals surface area contributed by atoms with Gasteiger partial charge in [0.05, 0.1) is 11.5 Å². The van der Waals surface area contributed by atoms with Gasteiger partial charge in [0.15, 0.2) is 0 Å². The second-order valence-corrected chi connectivity index (χ2v) is 5.42. The molecule has 0 spiro atoms. The average Bonchev–Trinajstić information content (AvgIpc) is 2.22. The van der Waals surface area contributed by atoms with Gasteiger partial charge < -0.3 is 10.2 Å². The fourth-order valence-corrected chi connectivity index (χ4v) is 1.35. The van der Waals surface area contributed by atoms with Gasteiger partial charge in [0.25, 0.3) is 0 Å². The average molecular weight is 225 g/mol. The fraction of sp³-hybridized carbons (Fsp3) is 0.923. The van der Waals surface area contributed by atoms with E-state index in [1.54, 1.807) is 0 Å². The van der Waals surface area contributed by atoms with Gasteiger partial charge in [-0.1, -0.05) is 0 Å². The number of hydrogen-bond acceptors (Lipinski definition) is 3. The molecular formula is C13H27N3. The number of nitriles is 1. The summed E-state index contributed by atoms with van der Waals surface area (Å²) in [7, 11) is 2.14. The summed E-state index contributed by atoms with van der Waals surface area (Å²) in [5.41, 5.74) is -0.170. The molecule has 0 radical (unpaired) electrons. The molecule has 94 valence electrons. The summed E-state index contributed by atoms with van der Waals surface area (Å²) in [6.45, 7) is 11.5. The van der Waals surface area contributed by atoms with Crippen LogP contribution in [0.25, 0.3) is 0 Å². The van der Waals surface area contributed by atoms with E-state index in [0.29, 0.717) is 6.04 Å². The summed E-state index contributed by atoms with van der Waals surface area (Å²) in [5.74, 6) is 0. The SMILES string of the molecule is CC(C)N(C)CCNCCCC(C)(C)C#N. The molecule has 0 aliphatic rings. The molecule has 16 heavy (non-hydrogen) atoms. The van der Waals surface area contributed by atoms with Crippen LogP contribution in [0.5, 0.6) is 0 Å². The van der Waals surface area contributed by atoms with Crippen molar-refractivity contribution in [2.24, 2.45) is 5.41 Å². The van der Waals surface area contributed by atoms with E-state index in [0.717, 1.165) is 32.5 Å². The molecule has 1 N–H and O–H groups in total. The minimum Gasteiger partial charge on any atom is -0.315 e. The number of rotatable bonds is 8. The van der Waals surface area contributed by atoms with Gasteiger partial charge in [-0.25, -0.2) is 0 Å². The summed E-state index contributed by atoms with van der Waals surface area (Å²) in [6.07, 6.45) is 2.04. The predicted molar refractivity (Wildman–Crippen MR) is 69.3 cm³/mol. The van der Waals surface area contributed by atoms with E-state index < -0.39 is 0 Å². The Labute approximate surface area is 101 Å². The molecule has 0 saturated carbocycles. The number of nitrogens with zero attached hydrogens (tertiary/aromatic N) is 2. The van der Waals surface area contributed by atoms with Crippen molar-refractivity contribution in [3.05, 3.63) is 0 Å². The highest BCUT2D eigenvalue weighted by atomic mass is 15.1. The normalized spacial score (nSPS) is 12.1. The monoisotopic (exact) mass is 225 g/mol. The molecule has 0 aliphatic carbocycles. The van der Waals surface area contributed by atoms with Crippen LogP contribution in [0.15, 0.2) is 0 Å². The maximum absolute atomic E-state index is 8.85. The Hall–Kier alpha value is -0.590. The van der Waals surface area contributed by atoms with Crippen LogP contribution in [0, 0.1) is 16.7 Å². The minimum absolute atomic E-state index is 0.170. The molecule has 0 aromatic carbocycles. The first-order valence-corrected chi connectivity index (χ1v) is 6.21. The molecule has 0 fully saturated rings. The van der Waals surface area contributed by atoms with Crippen LogP contribution >= 0.6 is 0 Å². The second-order valence-electron chi connectivity index (χ2n) is 5.42. The smallest absolute Gasteiger partial charge is 0.0683 e. The summed E-state index contributed by atoms with van der Waals surface area (Å²) in [6, 6.07) is 2.94. The van der Waals surface area contributed by atoms with Gasteiger partial charge in [-0.05, 0) is 54.1 Å². The van der Waals surface area contributed by atoms with Gasteiger partial charge in [0.2, 0.25) is 0 Å². The lowest BCUT2D eigenvalue weighted by Gasteiger charge is -2.21. The van der Waals surface area contributed by atoms with Gasteiger partial charge in [-0.3, -0.25) is 0 Å². The Morgan fingerprint density at radius 2 is 1.94 bits per heavy atom. The van der Waals surface area contributed by atoms with E-state index in [-0.39, 0.29) is 5.41 Å². The molecule has 0 aromatic rings. The topological polar surface area (TPSA) is 39.1 Å². The van der Waals surface area contributed by atoms with Crippen molar-refractivity contribution < 1.29 is 0 Å². The zero-order valence-corrected chi connectivity index (χ0v) is 11.5. The van der Waals surface area contributed by atoms with Gasteiger partial charge in [0, 0.05) is 19.1 Å². The van der Waals surface area contributed by atoms with Gasteiger partial charge in [0.1, 0.15) is 0 Å². The molecule has 0 aliphatic heterocycles. The Morgan fingerprint density at radius 3 is 2.44 bits per heavy atom. The lowest BCUT2D eigenvalue weighted by molar-refractivity contribution is 0.272. The summed E-state index contributed by atoms with van der Waals surface area (Å²) in [4.78, 5) is 2.33. The van der Waals surface area contributed by atoms with E-state index in [4.69, 9.17) is 5.26 Å². The molecule has 3 nitrogen and oxygen atoms in total. The maximum Gasteiger partial charge on any atom is 0.0683 e. The van der Waals surface area contributed by atoms with Crippen molar-refractivity contribution in [2.45, 2.75) is 46.6 Å². The van der Waals surface area contributed by atoms with E-state index >= 15 is 0 Å². The zero-order valence-electron chi connectivity index (χ0n) is 11.5. The van der Waals surface area contributed by atoms with E-state index in [1.165, 1.54) is 0 Å². The number of hydrogen-bond donors (Lipinski definition) is 1. The highest BCUT2D eigenvalue weighted by Gasteiger charge is 2.15. The summed E-state index contributed by atoms with van der Waals surface area (Å²) < 4.78 is 0. The van der Waals surface area contributed by atoms with Crippen molar-refractivity contribution in [1.29, 1.82) is 5.26 Å². The molecule has 0 rings (SSSR count). The molecule has 0 bridgehead atoms. The van der Waals surface area contributed by atoms with E-state index in [2.05, 4.69) is 37.2 Å². The standard InChI is InChI=1S/C13H27N3/c1-12(2)16(5)10-9-15-8-6-7-13(3,4)11-14/h12,15H,6-10H2,1-5H3. The van der Waals surface area contributed by atoms with Crippen LogP contribution in [0.1, 0.15) is 40.5 Å². The Bertz CT molecular complexity index is 216. The highest BCUT2D eigenvalue weighted by molar-refractivity contribution is 4.91. The molecule has 0 unspecified atom stereocenters. The molecule has 0 atom stereocenters. The highest BCUT2D eigenvalue weighted by Crippen LogP contribution is 2.19. The first-order chi connectivity index (χ1) is 7.39. The zero-order chi connectivity index (χ0) is 12.6. The van der Waals surface area contributed by atoms with Crippen LogP contribution in [-0.2, 0) is 0 Å². The Kier molecular flexibility index (Phi) is 7.36. The number of nitrogens with one attached hydrogen (secondary N) is 1. The minimum atomic E-state index is -0.170. The lowest BCUT2D eigenvalue weighted by Crippen LogP contribution is -2.34. The van der Waals surface area contributed by atoms with Gasteiger partial charge in [-0.2, -0.15) is 5.26 Å². The van der Waals surface area contributed by atoms with Crippen LogP contribution in [0.4, 0.5) is 0 Å². The maximum atomic E-state index is 8.85. The molecular weight excluding hydrogens is 198 g/mol. The second kappa shape index (κ2) is 7.65. The van der Waals surface area contributed by atoms with Crippen LogP contribution in [-0.4, -0.2) is 37.6 Å². The lowest BCUT2D eigenvalue weighted by atomic mass is 9.90. The first-order valence-electron chi connectivity index (χ1n) is 6.21. The van der Waals surface area contributed by atoms with Crippen molar-refractivity contribution in [3.63, 3.8) is 0 Å². The third kappa shape index (κ3) is 7.67.